The van der Waals surface area contributed by atoms with Crippen LogP contribution in [0.2, 0.25) is 0 Å². The molecule has 0 bridgehead atoms. The highest BCUT2D eigenvalue weighted by Gasteiger charge is 2.04. The van der Waals surface area contributed by atoms with E-state index >= 15 is 0 Å². The molecule has 0 spiro atoms. The maximum Gasteiger partial charge on any atom is 0.119 e. The summed E-state index contributed by atoms with van der Waals surface area (Å²) in [6, 6.07) is 8.91. The van der Waals surface area contributed by atoms with Gasteiger partial charge in [0.2, 0.25) is 0 Å². The molecule has 0 heterocycles. The zero-order chi connectivity index (χ0) is 13.2. The molecule has 0 amide bonds. The van der Waals surface area contributed by atoms with Crippen LogP contribution in [0.15, 0.2) is 24.3 Å². The smallest absolute Gasteiger partial charge is 0.119 e. The monoisotopic (exact) mass is 249 g/mol. The predicted octanol–water partition coefficient (Wildman–Crippen LogP) is 3.93. The van der Waals surface area contributed by atoms with Gasteiger partial charge in [-0.2, -0.15) is 0 Å². The topological polar surface area (TPSA) is 21.3 Å². The van der Waals surface area contributed by atoms with Crippen molar-refractivity contribution in [3.8, 4) is 5.75 Å². The standard InChI is InChI=1S/C16H27NO/c1-4-12-17-15(5-2)7-6-13-18-16-10-8-14(3)9-11-16/h8-11,15,17H,4-7,12-13H2,1-3H3. The van der Waals surface area contributed by atoms with Crippen molar-refractivity contribution in [2.75, 3.05) is 13.2 Å². The third-order valence-corrected chi connectivity index (χ3v) is 3.16. The van der Waals surface area contributed by atoms with Gasteiger partial charge >= 0.3 is 0 Å². The zero-order valence-corrected chi connectivity index (χ0v) is 12.0. The quantitative estimate of drug-likeness (QED) is 0.669. The molecule has 1 unspecified atom stereocenters. The minimum Gasteiger partial charge on any atom is -0.494 e. The number of ether oxygens (including phenoxy) is 1. The summed E-state index contributed by atoms with van der Waals surface area (Å²) in [7, 11) is 0. The maximum atomic E-state index is 5.73. The van der Waals surface area contributed by atoms with E-state index in [1.807, 2.05) is 12.1 Å². The Bertz CT molecular complexity index is 307. The number of hydrogen-bond acceptors (Lipinski definition) is 2. The highest BCUT2D eigenvalue weighted by Crippen LogP contribution is 2.12. The SMILES string of the molecule is CCCNC(CC)CCCOc1ccc(C)cc1. The van der Waals surface area contributed by atoms with E-state index in [9.17, 15) is 0 Å². The second-order valence-electron chi connectivity index (χ2n) is 4.86. The van der Waals surface area contributed by atoms with Gasteiger partial charge in [0.05, 0.1) is 6.61 Å². The molecule has 2 heteroatoms. The van der Waals surface area contributed by atoms with Crippen LogP contribution < -0.4 is 10.1 Å². The number of benzene rings is 1. The van der Waals surface area contributed by atoms with Gasteiger partial charge in [0, 0.05) is 6.04 Å². The van der Waals surface area contributed by atoms with Gasteiger partial charge in [-0.25, -0.2) is 0 Å². The number of rotatable bonds is 9. The first-order valence-corrected chi connectivity index (χ1v) is 7.19. The Hall–Kier alpha value is -1.02. The molecule has 1 rings (SSSR count). The van der Waals surface area contributed by atoms with Gasteiger partial charge in [-0.15, -0.1) is 0 Å². The highest BCUT2D eigenvalue weighted by molar-refractivity contribution is 5.26. The molecule has 0 saturated carbocycles. The second-order valence-corrected chi connectivity index (χ2v) is 4.86. The van der Waals surface area contributed by atoms with Crippen molar-refractivity contribution < 1.29 is 4.74 Å². The van der Waals surface area contributed by atoms with Gasteiger partial charge in [0.25, 0.3) is 0 Å². The summed E-state index contributed by atoms with van der Waals surface area (Å²) in [6.07, 6.45) is 4.71. The van der Waals surface area contributed by atoms with Crippen LogP contribution in [0.25, 0.3) is 0 Å². The zero-order valence-electron chi connectivity index (χ0n) is 12.0. The number of hydrogen-bond donors (Lipinski definition) is 1. The first kappa shape index (κ1) is 15.0. The molecule has 1 atom stereocenters. The largest absolute Gasteiger partial charge is 0.494 e. The molecule has 2 nitrogen and oxygen atoms in total. The van der Waals surface area contributed by atoms with Gasteiger partial charge in [-0.05, 0) is 51.3 Å². The Kier molecular flexibility index (Phi) is 7.51. The third-order valence-electron chi connectivity index (χ3n) is 3.16. The Labute approximate surface area is 112 Å². The molecule has 18 heavy (non-hydrogen) atoms. The summed E-state index contributed by atoms with van der Waals surface area (Å²) < 4.78 is 5.73. The van der Waals surface area contributed by atoms with E-state index in [1.165, 1.54) is 24.8 Å². The van der Waals surface area contributed by atoms with Crippen LogP contribution in [0, 0.1) is 6.92 Å². The first-order chi connectivity index (χ1) is 8.76. The number of nitrogens with one attached hydrogen (secondary N) is 1. The van der Waals surface area contributed by atoms with Crippen LogP contribution in [-0.4, -0.2) is 19.2 Å². The number of aryl methyl sites for hydroxylation is 1. The van der Waals surface area contributed by atoms with Crippen LogP contribution >= 0.6 is 0 Å². The Morgan fingerprint density at radius 2 is 1.89 bits per heavy atom. The Morgan fingerprint density at radius 3 is 2.50 bits per heavy atom. The van der Waals surface area contributed by atoms with Crippen molar-refractivity contribution in [1.82, 2.24) is 5.32 Å². The van der Waals surface area contributed by atoms with Crippen LogP contribution in [-0.2, 0) is 0 Å². The minimum absolute atomic E-state index is 0.645. The molecule has 0 aliphatic rings. The van der Waals surface area contributed by atoms with E-state index in [0.29, 0.717) is 6.04 Å². The van der Waals surface area contributed by atoms with Crippen molar-refractivity contribution in [3.63, 3.8) is 0 Å². The summed E-state index contributed by atoms with van der Waals surface area (Å²) in [6.45, 7) is 8.48. The molecule has 1 aromatic rings. The highest BCUT2D eigenvalue weighted by atomic mass is 16.5. The van der Waals surface area contributed by atoms with Crippen LogP contribution in [0.3, 0.4) is 0 Å². The molecular weight excluding hydrogens is 222 g/mol. The Balaban J connectivity index is 2.15. The lowest BCUT2D eigenvalue weighted by Gasteiger charge is -2.16. The maximum absolute atomic E-state index is 5.73. The fourth-order valence-electron chi connectivity index (χ4n) is 1.95. The van der Waals surface area contributed by atoms with E-state index in [-0.39, 0.29) is 0 Å². The van der Waals surface area contributed by atoms with Crippen molar-refractivity contribution in [3.05, 3.63) is 29.8 Å². The normalized spacial score (nSPS) is 12.4. The molecule has 0 fully saturated rings. The first-order valence-electron chi connectivity index (χ1n) is 7.19. The summed E-state index contributed by atoms with van der Waals surface area (Å²) in [5.74, 6) is 0.982. The van der Waals surface area contributed by atoms with Crippen LogP contribution in [0.5, 0.6) is 5.75 Å². The summed E-state index contributed by atoms with van der Waals surface area (Å²) >= 11 is 0. The van der Waals surface area contributed by atoms with E-state index in [4.69, 9.17) is 4.74 Å². The molecule has 0 aromatic heterocycles. The molecule has 0 radical (unpaired) electrons. The molecule has 0 aliphatic heterocycles. The molecule has 1 N–H and O–H groups in total. The van der Waals surface area contributed by atoms with E-state index in [2.05, 4.69) is 38.2 Å². The van der Waals surface area contributed by atoms with Crippen molar-refractivity contribution in [2.45, 2.75) is 52.5 Å². The lowest BCUT2D eigenvalue weighted by molar-refractivity contribution is 0.294. The average molecular weight is 249 g/mol. The van der Waals surface area contributed by atoms with Crippen molar-refractivity contribution in [1.29, 1.82) is 0 Å². The van der Waals surface area contributed by atoms with Gasteiger partial charge in [0.15, 0.2) is 0 Å². The van der Waals surface area contributed by atoms with E-state index in [0.717, 1.165) is 25.3 Å². The Morgan fingerprint density at radius 1 is 1.17 bits per heavy atom. The van der Waals surface area contributed by atoms with Crippen LogP contribution in [0.4, 0.5) is 0 Å². The fraction of sp³-hybridized carbons (Fsp3) is 0.625. The van der Waals surface area contributed by atoms with E-state index < -0.39 is 0 Å². The molecule has 0 saturated heterocycles. The molecule has 1 aromatic carbocycles. The van der Waals surface area contributed by atoms with Gasteiger partial charge in [0.1, 0.15) is 5.75 Å². The summed E-state index contributed by atoms with van der Waals surface area (Å²) in [4.78, 5) is 0. The average Bonchev–Trinajstić information content (AvgIpc) is 2.40. The predicted molar refractivity (Wildman–Crippen MR) is 78.3 cm³/mol. The third kappa shape index (κ3) is 6.06. The fourth-order valence-corrected chi connectivity index (χ4v) is 1.95. The van der Waals surface area contributed by atoms with E-state index in [1.54, 1.807) is 0 Å². The lowest BCUT2D eigenvalue weighted by atomic mass is 10.1. The van der Waals surface area contributed by atoms with Gasteiger partial charge in [-0.3, -0.25) is 0 Å². The van der Waals surface area contributed by atoms with Crippen LogP contribution in [0.1, 0.15) is 45.1 Å². The minimum atomic E-state index is 0.645. The summed E-state index contributed by atoms with van der Waals surface area (Å²) in [5.41, 5.74) is 1.28. The molecule has 0 aliphatic carbocycles. The van der Waals surface area contributed by atoms with Gasteiger partial charge < -0.3 is 10.1 Å². The van der Waals surface area contributed by atoms with Crippen molar-refractivity contribution >= 4 is 0 Å². The van der Waals surface area contributed by atoms with Crippen molar-refractivity contribution in [2.24, 2.45) is 0 Å². The van der Waals surface area contributed by atoms with Gasteiger partial charge in [-0.1, -0.05) is 31.5 Å². The molecular formula is C16H27NO. The molecule has 102 valence electrons. The lowest BCUT2D eigenvalue weighted by Crippen LogP contribution is -2.29. The summed E-state index contributed by atoms with van der Waals surface area (Å²) in [5, 5.41) is 3.57. The second kappa shape index (κ2) is 8.98.